The third-order valence-electron chi connectivity index (χ3n) is 6.07. The van der Waals surface area contributed by atoms with Crippen LogP contribution in [0.2, 0.25) is 0 Å². The Kier molecular flexibility index (Phi) is 6.09. The molecule has 0 atom stereocenters. The van der Waals surface area contributed by atoms with Gasteiger partial charge in [0.1, 0.15) is 11.6 Å². The van der Waals surface area contributed by atoms with Crippen LogP contribution in [0.3, 0.4) is 0 Å². The Morgan fingerprint density at radius 2 is 1.45 bits per heavy atom. The minimum absolute atomic E-state index is 0.0341. The Bertz CT molecular complexity index is 844. The van der Waals surface area contributed by atoms with Crippen molar-refractivity contribution in [3.8, 4) is 0 Å². The molecule has 0 aromatic heterocycles. The highest BCUT2D eigenvalue weighted by Gasteiger charge is 2.31. The van der Waals surface area contributed by atoms with Gasteiger partial charge in [-0.2, -0.15) is 0 Å². The van der Waals surface area contributed by atoms with Crippen LogP contribution in [0.1, 0.15) is 18.4 Å². The van der Waals surface area contributed by atoms with Crippen molar-refractivity contribution in [2.75, 3.05) is 44.2 Å². The number of benzene rings is 2. The molecule has 0 bridgehead atoms. The number of anilines is 1. The van der Waals surface area contributed by atoms with Crippen LogP contribution in [0, 0.1) is 17.6 Å². The van der Waals surface area contributed by atoms with Gasteiger partial charge in [0.15, 0.2) is 0 Å². The van der Waals surface area contributed by atoms with E-state index >= 15 is 0 Å². The number of rotatable bonds is 4. The second-order valence-electron chi connectivity index (χ2n) is 7.91. The summed E-state index contributed by atoms with van der Waals surface area (Å²) in [7, 11) is 0. The predicted octanol–water partition coefficient (Wildman–Crippen LogP) is 3.53. The molecule has 154 valence electrons. The highest BCUT2D eigenvalue weighted by Crippen LogP contribution is 2.24. The normalized spacial score (nSPS) is 18.8. The van der Waals surface area contributed by atoms with Crippen LogP contribution >= 0.6 is 0 Å². The summed E-state index contributed by atoms with van der Waals surface area (Å²) in [5, 5.41) is 0. The van der Waals surface area contributed by atoms with E-state index in [0.717, 1.165) is 25.9 Å². The van der Waals surface area contributed by atoms with Gasteiger partial charge in [0.05, 0.1) is 5.69 Å². The fourth-order valence-electron chi connectivity index (χ4n) is 4.34. The lowest BCUT2D eigenvalue weighted by atomic mass is 9.94. The first kappa shape index (κ1) is 19.8. The maximum atomic E-state index is 14.0. The molecule has 4 rings (SSSR count). The van der Waals surface area contributed by atoms with Crippen molar-refractivity contribution >= 4 is 11.6 Å². The number of carbonyl (C=O) groups is 1. The SMILES string of the molecule is O=C(C1CCN(Cc2ccccc2F)CC1)N1CCN(c2ccccc2F)CC1. The zero-order chi connectivity index (χ0) is 20.2. The summed E-state index contributed by atoms with van der Waals surface area (Å²) in [6.45, 7) is 4.76. The van der Waals surface area contributed by atoms with Crippen LogP contribution in [0.15, 0.2) is 48.5 Å². The number of likely N-dealkylation sites (tertiary alicyclic amines) is 1. The van der Waals surface area contributed by atoms with Gasteiger partial charge < -0.3 is 9.80 Å². The summed E-state index contributed by atoms with van der Waals surface area (Å²) in [6.07, 6.45) is 1.61. The van der Waals surface area contributed by atoms with Gasteiger partial charge in [-0.1, -0.05) is 30.3 Å². The highest BCUT2D eigenvalue weighted by molar-refractivity contribution is 5.79. The molecule has 1 amide bonds. The maximum Gasteiger partial charge on any atom is 0.225 e. The van der Waals surface area contributed by atoms with Crippen LogP contribution in [0.4, 0.5) is 14.5 Å². The molecule has 2 aliphatic rings. The molecule has 0 spiro atoms. The summed E-state index contributed by atoms with van der Waals surface area (Å²) in [6, 6.07) is 13.7. The van der Waals surface area contributed by atoms with Gasteiger partial charge in [-0.3, -0.25) is 9.69 Å². The molecule has 0 N–H and O–H groups in total. The number of para-hydroxylation sites is 1. The molecule has 2 aromatic carbocycles. The van der Waals surface area contributed by atoms with Crippen molar-refractivity contribution in [3.63, 3.8) is 0 Å². The van der Waals surface area contributed by atoms with Crippen molar-refractivity contribution in [2.24, 2.45) is 5.92 Å². The van der Waals surface area contributed by atoms with Gasteiger partial charge in [0, 0.05) is 44.2 Å². The van der Waals surface area contributed by atoms with Crippen molar-refractivity contribution in [1.82, 2.24) is 9.80 Å². The van der Waals surface area contributed by atoms with Crippen LogP contribution in [0.25, 0.3) is 0 Å². The number of carbonyl (C=O) groups excluding carboxylic acids is 1. The molecular weight excluding hydrogens is 372 g/mol. The fourth-order valence-corrected chi connectivity index (χ4v) is 4.34. The van der Waals surface area contributed by atoms with Crippen LogP contribution in [-0.2, 0) is 11.3 Å². The number of halogens is 2. The first-order chi connectivity index (χ1) is 14.1. The zero-order valence-electron chi connectivity index (χ0n) is 16.6. The van der Waals surface area contributed by atoms with E-state index in [1.165, 1.54) is 12.1 Å². The van der Waals surface area contributed by atoms with Gasteiger partial charge in [-0.15, -0.1) is 0 Å². The number of hydrogen-bond donors (Lipinski definition) is 0. The van der Waals surface area contributed by atoms with Crippen molar-refractivity contribution in [1.29, 1.82) is 0 Å². The second kappa shape index (κ2) is 8.91. The summed E-state index contributed by atoms with van der Waals surface area (Å²) >= 11 is 0. The molecular formula is C23H27F2N3O. The molecule has 0 aliphatic carbocycles. The Balaban J connectivity index is 1.26. The minimum atomic E-state index is -0.213. The van der Waals surface area contributed by atoms with E-state index in [-0.39, 0.29) is 23.5 Å². The quantitative estimate of drug-likeness (QED) is 0.787. The third kappa shape index (κ3) is 4.58. The second-order valence-corrected chi connectivity index (χ2v) is 7.91. The van der Waals surface area contributed by atoms with E-state index in [1.54, 1.807) is 18.2 Å². The van der Waals surface area contributed by atoms with Crippen LogP contribution in [0.5, 0.6) is 0 Å². The topological polar surface area (TPSA) is 26.8 Å². The van der Waals surface area contributed by atoms with Crippen LogP contribution in [-0.4, -0.2) is 55.0 Å². The number of piperazine rings is 1. The van der Waals surface area contributed by atoms with Gasteiger partial charge in [0.2, 0.25) is 5.91 Å². The lowest BCUT2D eigenvalue weighted by Gasteiger charge is -2.39. The Morgan fingerprint density at radius 1 is 0.828 bits per heavy atom. The molecule has 0 radical (unpaired) electrons. The average molecular weight is 399 g/mol. The van der Waals surface area contributed by atoms with E-state index < -0.39 is 0 Å². The van der Waals surface area contributed by atoms with Gasteiger partial charge >= 0.3 is 0 Å². The molecule has 4 nitrogen and oxygen atoms in total. The monoisotopic (exact) mass is 399 g/mol. The summed E-state index contributed by atoms with van der Waals surface area (Å²) < 4.78 is 27.8. The minimum Gasteiger partial charge on any atom is -0.366 e. The Morgan fingerprint density at radius 3 is 2.10 bits per heavy atom. The Hall–Kier alpha value is -2.47. The van der Waals surface area contributed by atoms with Crippen molar-refractivity contribution in [3.05, 3.63) is 65.7 Å². The molecule has 0 saturated carbocycles. The highest BCUT2D eigenvalue weighted by atomic mass is 19.1. The lowest BCUT2D eigenvalue weighted by molar-refractivity contribution is -0.137. The van der Waals surface area contributed by atoms with Crippen molar-refractivity contribution in [2.45, 2.75) is 19.4 Å². The molecule has 0 unspecified atom stereocenters. The van der Waals surface area contributed by atoms with Gasteiger partial charge in [-0.05, 0) is 44.1 Å². The van der Waals surface area contributed by atoms with Crippen molar-refractivity contribution < 1.29 is 13.6 Å². The zero-order valence-corrected chi connectivity index (χ0v) is 16.6. The first-order valence-corrected chi connectivity index (χ1v) is 10.4. The number of piperidine rings is 1. The Labute approximate surface area is 170 Å². The molecule has 29 heavy (non-hydrogen) atoms. The lowest BCUT2D eigenvalue weighted by Crippen LogP contribution is -2.51. The largest absolute Gasteiger partial charge is 0.366 e. The summed E-state index contributed by atoms with van der Waals surface area (Å²) in [5.41, 5.74) is 1.32. The van der Waals surface area contributed by atoms with E-state index in [1.807, 2.05) is 28.0 Å². The predicted molar refractivity (Wildman–Crippen MR) is 110 cm³/mol. The standard InChI is InChI=1S/C23H27F2N3O/c24-20-6-2-1-5-19(20)17-26-11-9-18(10-12-26)23(29)28-15-13-27(14-16-28)22-8-4-3-7-21(22)25/h1-8,18H,9-17H2. The molecule has 6 heteroatoms. The molecule has 2 saturated heterocycles. The number of hydrogen-bond acceptors (Lipinski definition) is 3. The molecule has 2 aromatic rings. The summed E-state index contributed by atoms with van der Waals surface area (Å²) in [4.78, 5) is 19.1. The van der Waals surface area contributed by atoms with E-state index in [2.05, 4.69) is 4.90 Å². The van der Waals surface area contributed by atoms with E-state index in [0.29, 0.717) is 44.0 Å². The third-order valence-corrected chi connectivity index (χ3v) is 6.07. The fraction of sp³-hybridized carbons (Fsp3) is 0.435. The molecule has 2 aliphatic heterocycles. The summed E-state index contributed by atoms with van der Waals surface area (Å²) in [5.74, 6) is -0.136. The van der Waals surface area contributed by atoms with Crippen LogP contribution < -0.4 is 4.90 Å². The van der Waals surface area contributed by atoms with E-state index in [9.17, 15) is 13.6 Å². The first-order valence-electron chi connectivity index (χ1n) is 10.4. The maximum absolute atomic E-state index is 14.0. The smallest absolute Gasteiger partial charge is 0.225 e. The molecule has 2 fully saturated rings. The molecule has 2 heterocycles. The number of nitrogens with zero attached hydrogens (tertiary/aromatic N) is 3. The van der Waals surface area contributed by atoms with Gasteiger partial charge in [0.25, 0.3) is 0 Å². The van der Waals surface area contributed by atoms with Gasteiger partial charge in [-0.25, -0.2) is 8.78 Å². The van der Waals surface area contributed by atoms with E-state index in [4.69, 9.17) is 0 Å². The number of amides is 1. The average Bonchev–Trinajstić information content (AvgIpc) is 2.76.